The molecule has 1 aliphatic heterocycles. The quantitative estimate of drug-likeness (QED) is 0.773. The number of likely N-dealkylation sites (tertiary alicyclic amines) is 1. The van der Waals surface area contributed by atoms with Crippen LogP contribution in [-0.4, -0.2) is 54.1 Å². The molecule has 16 heavy (non-hydrogen) atoms. The van der Waals surface area contributed by atoms with Crippen LogP contribution in [0.25, 0.3) is 0 Å². The van der Waals surface area contributed by atoms with Crippen molar-refractivity contribution in [2.75, 3.05) is 26.7 Å². The molecule has 1 heterocycles. The van der Waals surface area contributed by atoms with Crippen LogP contribution < -0.4 is 5.73 Å². The minimum Gasteiger partial charge on any atom is -0.329 e. The molecule has 2 N–H and O–H groups in total. The maximum atomic E-state index is 6.06. The molecule has 3 heteroatoms. The average molecular weight is 227 g/mol. The number of nitrogens with two attached hydrogens (primary N) is 1. The van der Waals surface area contributed by atoms with Crippen LogP contribution in [0.15, 0.2) is 0 Å². The van der Waals surface area contributed by atoms with E-state index in [0.29, 0.717) is 12.1 Å². The first-order valence-electron chi connectivity index (χ1n) is 6.64. The number of hydrogen-bond donors (Lipinski definition) is 1. The standard InChI is InChI=1S/C13H29N3/c1-6-12(4)15(5)13(9-14)7-8-16(10-13)11(2)3/h11-12H,6-10,14H2,1-5H3. The minimum absolute atomic E-state index is 0.208. The van der Waals surface area contributed by atoms with Gasteiger partial charge in [-0.3, -0.25) is 9.80 Å². The zero-order valence-electron chi connectivity index (χ0n) is 11.7. The highest BCUT2D eigenvalue weighted by atomic mass is 15.3. The van der Waals surface area contributed by atoms with Gasteiger partial charge in [-0.2, -0.15) is 0 Å². The van der Waals surface area contributed by atoms with Crippen molar-refractivity contribution in [1.29, 1.82) is 0 Å². The molecule has 0 aromatic rings. The molecular weight excluding hydrogens is 198 g/mol. The largest absolute Gasteiger partial charge is 0.329 e. The summed E-state index contributed by atoms with van der Waals surface area (Å²) in [5.41, 5.74) is 6.26. The fraction of sp³-hybridized carbons (Fsp3) is 1.00. The number of nitrogens with zero attached hydrogens (tertiary/aromatic N) is 2. The monoisotopic (exact) mass is 227 g/mol. The Bertz CT molecular complexity index is 217. The second-order valence-corrected chi connectivity index (χ2v) is 5.61. The van der Waals surface area contributed by atoms with E-state index in [0.717, 1.165) is 13.1 Å². The average Bonchev–Trinajstić information content (AvgIpc) is 2.72. The van der Waals surface area contributed by atoms with Gasteiger partial charge in [0, 0.05) is 37.3 Å². The maximum absolute atomic E-state index is 6.06. The summed E-state index contributed by atoms with van der Waals surface area (Å²) in [6.07, 6.45) is 2.41. The van der Waals surface area contributed by atoms with E-state index < -0.39 is 0 Å². The van der Waals surface area contributed by atoms with E-state index in [1.54, 1.807) is 0 Å². The van der Waals surface area contributed by atoms with Crippen molar-refractivity contribution in [2.24, 2.45) is 5.73 Å². The molecule has 0 aromatic carbocycles. The zero-order valence-corrected chi connectivity index (χ0v) is 11.7. The van der Waals surface area contributed by atoms with Gasteiger partial charge in [0.2, 0.25) is 0 Å². The predicted octanol–water partition coefficient (Wildman–Crippen LogP) is 1.53. The molecule has 96 valence electrons. The lowest BCUT2D eigenvalue weighted by atomic mass is 9.94. The van der Waals surface area contributed by atoms with E-state index in [-0.39, 0.29) is 5.54 Å². The van der Waals surface area contributed by atoms with E-state index in [1.165, 1.54) is 19.4 Å². The highest BCUT2D eigenvalue weighted by molar-refractivity contribution is 5.00. The van der Waals surface area contributed by atoms with Gasteiger partial charge in [-0.15, -0.1) is 0 Å². The molecule has 0 radical (unpaired) electrons. The van der Waals surface area contributed by atoms with Crippen LogP contribution in [0.2, 0.25) is 0 Å². The fourth-order valence-corrected chi connectivity index (χ4v) is 2.67. The lowest BCUT2D eigenvalue weighted by molar-refractivity contribution is 0.0836. The molecule has 0 saturated carbocycles. The van der Waals surface area contributed by atoms with Crippen molar-refractivity contribution >= 4 is 0 Å². The van der Waals surface area contributed by atoms with Gasteiger partial charge in [0.1, 0.15) is 0 Å². The molecule has 0 spiro atoms. The first-order chi connectivity index (χ1) is 7.46. The third kappa shape index (κ3) is 2.58. The molecule has 2 unspecified atom stereocenters. The second-order valence-electron chi connectivity index (χ2n) is 5.61. The van der Waals surface area contributed by atoms with Crippen LogP contribution in [0, 0.1) is 0 Å². The summed E-state index contributed by atoms with van der Waals surface area (Å²) in [7, 11) is 2.24. The molecular formula is C13H29N3. The van der Waals surface area contributed by atoms with Gasteiger partial charge >= 0.3 is 0 Å². The van der Waals surface area contributed by atoms with E-state index >= 15 is 0 Å². The normalized spacial score (nSPS) is 29.2. The van der Waals surface area contributed by atoms with Crippen molar-refractivity contribution < 1.29 is 0 Å². The summed E-state index contributed by atoms with van der Waals surface area (Å²) < 4.78 is 0. The predicted molar refractivity (Wildman–Crippen MR) is 70.6 cm³/mol. The molecule has 1 aliphatic rings. The molecule has 0 amide bonds. The van der Waals surface area contributed by atoms with Crippen LogP contribution in [0.5, 0.6) is 0 Å². The van der Waals surface area contributed by atoms with Gasteiger partial charge in [-0.05, 0) is 40.7 Å². The Hall–Kier alpha value is -0.120. The summed E-state index contributed by atoms with van der Waals surface area (Å²) in [6.45, 7) is 12.2. The fourth-order valence-electron chi connectivity index (χ4n) is 2.67. The van der Waals surface area contributed by atoms with E-state index in [2.05, 4.69) is 44.5 Å². The smallest absolute Gasteiger partial charge is 0.0470 e. The molecule has 1 fully saturated rings. The Kier molecular flexibility index (Phi) is 4.77. The van der Waals surface area contributed by atoms with Crippen molar-refractivity contribution in [3.8, 4) is 0 Å². The summed E-state index contributed by atoms with van der Waals surface area (Å²) >= 11 is 0. The minimum atomic E-state index is 0.208. The van der Waals surface area contributed by atoms with Crippen molar-refractivity contribution in [1.82, 2.24) is 9.80 Å². The second kappa shape index (κ2) is 5.48. The molecule has 1 saturated heterocycles. The van der Waals surface area contributed by atoms with Crippen LogP contribution in [0.1, 0.15) is 40.5 Å². The molecule has 0 aliphatic carbocycles. The Labute approximate surface area is 101 Å². The van der Waals surface area contributed by atoms with Gasteiger partial charge in [0.05, 0.1) is 0 Å². The third-order valence-electron chi connectivity index (χ3n) is 4.47. The highest BCUT2D eigenvalue weighted by Gasteiger charge is 2.42. The van der Waals surface area contributed by atoms with E-state index in [9.17, 15) is 0 Å². The van der Waals surface area contributed by atoms with Crippen LogP contribution in [-0.2, 0) is 0 Å². The van der Waals surface area contributed by atoms with Crippen LogP contribution in [0.3, 0.4) is 0 Å². The summed E-state index contributed by atoms with van der Waals surface area (Å²) in [5, 5.41) is 0. The lowest BCUT2D eigenvalue weighted by Crippen LogP contribution is -2.57. The number of rotatable bonds is 5. The number of likely N-dealkylation sites (N-methyl/N-ethyl adjacent to an activating group) is 1. The van der Waals surface area contributed by atoms with E-state index in [4.69, 9.17) is 5.73 Å². The zero-order chi connectivity index (χ0) is 12.3. The molecule has 1 rings (SSSR count). The van der Waals surface area contributed by atoms with Crippen molar-refractivity contribution in [2.45, 2.75) is 58.2 Å². The van der Waals surface area contributed by atoms with Crippen molar-refractivity contribution in [3.05, 3.63) is 0 Å². The van der Waals surface area contributed by atoms with Gasteiger partial charge in [-0.1, -0.05) is 6.92 Å². The van der Waals surface area contributed by atoms with Crippen molar-refractivity contribution in [3.63, 3.8) is 0 Å². The van der Waals surface area contributed by atoms with Gasteiger partial charge < -0.3 is 5.73 Å². The first-order valence-corrected chi connectivity index (χ1v) is 6.64. The molecule has 0 aromatic heterocycles. The topological polar surface area (TPSA) is 32.5 Å². The van der Waals surface area contributed by atoms with Crippen LogP contribution >= 0.6 is 0 Å². The Morgan fingerprint density at radius 1 is 1.38 bits per heavy atom. The summed E-state index contributed by atoms with van der Waals surface area (Å²) in [4.78, 5) is 5.06. The highest BCUT2D eigenvalue weighted by Crippen LogP contribution is 2.29. The summed E-state index contributed by atoms with van der Waals surface area (Å²) in [6, 6.07) is 1.26. The number of hydrogen-bond acceptors (Lipinski definition) is 3. The molecule has 0 bridgehead atoms. The molecule has 3 nitrogen and oxygen atoms in total. The van der Waals surface area contributed by atoms with Gasteiger partial charge in [-0.25, -0.2) is 0 Å². The van der Waals surface area contributed by atoms with E-state index in [1.807, 2.05) is 0 Å². The Morgan fingerprint density at radius 3 is 2.38 bits per heavy atom. The maximum Gasteiger partial charge on any atom is 0.0470 e. The third-order valence-corrected chi connectivity index (χ3v) is 4.47. The summed E-state index contributed by atoms with van der Waals surface area (Å²) in [5.74, 6) is 0. The first kappa shape index (κ1) is 13.9. The van der Waals surface area contributed by atoms with Gasteiger partial charge in [0.25, 0.3) is 0 Å². The molecule has 2 atom stereocenters. The Morgan fingerprint density at radius 2 is 2.00 bits per heavy atom. The van der Waals surface area contributed by atoms with Crippen LogP contribution in [0.4, 0.5) is 0 Å². The van der Waals surface area contributed by atoms with Gasteiger partial charge in [0.15, 0.2) is 0 Å². The SMILES string of the molecule is CCC(C)N(C)C1(CN)CCN(C(C)C)C1. The lowest BCUT2D eigenvalue weighted by Gasteiger charge is -2.42. The Balaban J connectivity index is 2.73.